The molecule has 0 atom stereocenters. The van der Waals surface area contributed by atoms with Crippen LogP contribution >= 0.6 is 11.6 Å². The number of pyridine rings is 1. The van der Waals surface area contributed by atoms with Crippen LogP contribution in [0.15, 0.2) is 41.5 Å². The molecule has 0 bridgehead atoms. The molecule has 2 rings (SSSR count). The summed E-state index contributed by atoms with van der Waals surface area (Å²) in [7, 11) is 3.23. The molecule has 0 saturated heterocycles. The maximum atomic E-state index is 6.28. The summed E-state index contributed by atoms with van der Waals surface area (Å²) in [4.78, 5) is 8.77. The predicted octanol–water partition coefficient (Wildman–Crippen LogP) is 3.05. The summed E-state index contributed by atoms with van der Waals surface area (Å²) in [5, 5.41) is 7.26. The lowest BCUT2D eigenvalue weighted by Crippen LogP contribution is -2.38. The SMILES string of the molecule is CCNC(=NCc1ccc(OC)nc1)NCCc1ccc(OC)cc1Cl. The highest BCUT2D eigenvalue weighted by Crippen LogP contribution is 2.22. The summed E-state index contributed by atoms with van der Waals surface area (Å²) in [6, 6.07) is 9.51. The quantitative estimate of drug-likeness (QED) is 0.547. The number of halogens is 1. The smallest absolute Gasteiger partial charge is 0.212 e. The van der Waals surface area contributed by atoms with Crippen LogP contribution in [-0.4, -0.2) is 38.3 Å². The van der Waals surface area contributed by atoms with Gasteiger partial charge < -0.3 is 20.1 Å². The Labute approximate surface area is 159 Å². The van der Waals surface area contributed by atoms with Crippen molar-refractivity contribution in [3.8, 4) is 11.6 Å². The summed E-state index contributed by atoms with van der Waals surface area (Å²) < 4.78 is 10.2. The summed E-state index contributed by atoms with van der Waals surface area (Å²) in [6.45, 7) is 4.08. The molecule has 1 heterocycles. The number of aromatic nitrogens is 1. The Morgan fingerprint density at radius 2 is 2.00 bits per heavy atom. The van der Waals surface area contributed by atoms with E-state index in [9.17, 15) is 0 Å². The van der Waals surface area contributed by atoms with E-state index in [-0.39, 0.29) is 0 Å². The van der Waals surface area contributed by atoms with Gasteiger partial charge >= 0.3 is 0 Å². The van der Waals surface area contributed by atoms with Crippen molar-refractivity contribution in [1.82, 2.24) is 15.6 Å². The lowest BCUT2D eigenvalue weighted by Gasteiger charge is -2.12. The minimum atomic E-state index is 0.537. The van der Waals surface area contributed by atoms with Crippen LogP contribution in [0.1, 0.15) is 18.1 Å². The first-order valence-electron chi connectivity index (χ1n) is 8.49. The third-order valence-electron chi connectivity index (χ3n) is 3.72. The first-order chi connectivity index (χ1) is 12.7. The molecule has 140 valence electrons. The van der Waals surface area contributed by atoms with E-state index in [0.717, 1.165) is 42.3 Å². The minimum Gasteiger partial charge on any atom is -0.497 e. The van der Waals surface area contributed by atoms with Crippen LogP contribution in [0.2, 0.25) is 5.02 Å². The van der Waals surface area contributed by atoms with Crippen LogP contribution in [0.5, 0.6) is 11.6 Å². The molecule has 0 spiro atoms. The summed E-state index contributed by atoms with van der Waals surface area (Å²) in [5.41, 5.74) is 2.08. The number of hydrogen-bond donors (Lipinski definition) is 2. The first-order valence-corrected chi connectivity index (χ1v) is 8.87. The highest BCUT2D eigenvalue weighted by atomic mass is 35.5. The van der Waals surface area contributed by atoms with E-state index in [4.69, 9.17) is 21.1 Å². The maximum Gasteiger partial charge on any atom is 0.212 e. The topological polar surface area (TPSA) is 67.8 Å². The average Bonchev–Trinajstić information content (AvgIpc) is 2.67. The van der Waals surface area contributed by atoms with Crippen molar-refractivity contribution in [2.45, 2.75) is 19.9 Å². The van der Waals surface area contributed by atoms with Gasteiger partial charge in [0.2, 0.25) is 5.88 Å². The van der Waals surface area contributed by atoms with Gasteiger partial charge in [-0.1, -0.05) is 23.7 Å². The first kappa shape index (κ1) is 19.8. The van der Waals surface area contributed by atoms with E-state index < -0.39 is 0 Å². The highest BCUT2D eigenvalue weighted by Gasteiger charge is 2.04. The Balaban J connectivity index is 1.90. The van der Waals surface area contributed by atoms with Gasteiger partial charge in [-0.05, 0) is 36.6 Å². The number of benzene rings is 1. The van der Waals surface area contributed by atoms with E-state index in [1.807, 2.05) is 37.3 Å². The number of rotatable bonds is 8. The van der Waals surface area contributed by atoms with E-state index in [2.05, 4.69) is 20.6 Å². The molecule has 6 nitrogen and oxygen atoms in total. The molecule has 0 fully saturated rings. The summed E-state index contributed by atoms with van der Waals surface area (Å²) in [6.07, 6.45) is 2.56. The predicted molar refractivity (Wildman–Crippen MR) is 105 cm³/mol. The molecule has 0 amide bonds. The van der Waals surface area contributed by atoms with E-state index in [1.165, 1.54) is 0 Å². The Bertz CT molecular complexity index is 720. The number of guanidine groups is 1. The Morgan fingerprint density at radius 3 is 2.62 bits per heavy atom. The van der Waals surface area contributed by atoms with Crippen molar-refractivity contribution in [3.05, 3.63) is 52.7 Å². The fourth-order valence-electron chi connectivity index (χ4n) is 2.31. The zero-order chi connectivity index (χ0) is 18.8. The van der Waals surface area contributed by atoms with Crippen LogP contribution < -0.4 is 20.1 Å². The second-order valence-electron chi connectivity index (χ2n) is 5.54. The molecule has 0 aliphatic carbocycles. The molecule has 1 aromatic heterocycles. The molecule has 0 unspecified atom stereocenters. The average molecular weight is 377 g/mol. The van der Waals surface area contributed by atoms with Crippen molar-refractivity contribution in [2.24, 2.45) is 4.99 Å². The number of hydrogen-bond acceptors (Lipinski definition) is 4. The van der Waals surface area contributed by atoms with Crippen molar-refractivity contribution in [3.63, 3.8) is 0 Å². The fourth-order valence-corrected chi connectivity index (χ4v) is 2.58. The second kappa shape index (κ2) is 10.5. The van der Waals surface area contributed by atoms with Gasteiger partial charge in [0, 0.05) is 30.4 Å². The van der Waals surface area contributed by atoms with Crippen LogP contribution in [-0.2, 0) is 13.0 Å². The second-order valence-corrected chi connectivity index (χ2v) is 5.95. The number of methoxy groups -OCH3 is 2. The molecule has 0 aliphatic heterocycles. The monoisotopic (exact) mass is 376 g/mol. The number of ether oxygens (including phenoxy) is 2. The van der Waals surface area contributed by atoms with Gasteiger partial charge in [0.1, 0.15) is 5.75 Å². The van der Waals surface area contributed by atoms with Gasteiger partial charge in [-0.15, -0.1) is 0 Å². The third-order valence-corrected chi connectivity index (χ3v) is 4.07. The lowest BCUT2D eigenvalue weighted by molar-refractivity contribution is 0.397. The van der Waals surface area contributed by atoms with Gasteiger partial charge in [0.15, 0.2) is 5.96 Å². The van der Waals surface area contributed by atoms with E-state index in [1.54, 1.807) is 20.4 Å². The van der Waals surface area contributed by atoms with Crippen LogP contribution in [0, 0.1) is 0 Å². The Hall–Kier alpha value is -2.47. The molecule has 0 radical (unpaired) electrons. The standard InChI is InChI=1S/C19H25ClN4O2/c1-4-21-19(24-13-14-5-8-18(26-3)23-12-14)22-10-9-15-6-7-16(25-2)11-17(15)20/h5-8,11-12H,4,9-10,13H2,1-3H3,(H2,21,22,24). The molecule has 1 aromatic carbocycles. The fraction of sp³-hybridized carbons (Fsp3) is 0.368. The molecule has 2 aromatic rings. The summed E-state index contributed by atoms with van der Waals surface area (Å²) >= 11 is 6.28. The van der Waals surface area contributed by atoms with Crippen molar-refractivity contribution < 1.29 is 9.47 Å². The zero-order valence-corrected chi connectivity index (χ0v) is 16.1. The number of nitrogens with one attached hydrogen (secondary N) is 2. The highest BCUT2D eigenvalue weighted by molar-refractivity contribution is 6.31. The number of aliphatic imine (C=N–C) groups is 1. The largest absolute Gasteiger partial charge is 0.497 e. The van der Waals surface area contributed by atoms with Gasteiger partial charge in [0.25, 0.3) is 0 Å². The zero-order valence-electron chi connectivity index (χ0n) is 15.4. The molecule has 26 heavy (non-hydrogen) atoms. The van der Waals surface area contributed by atoms with E-state index in [0.29, 0.717) is 17.4 Å². The molecule has 0 saturated carbocycles. The van der Waals surface area contributed by atoms with Gasteiger partial charge in [-0.2, -0.15) is 0 Å². The van der Waals surface area contributed by atoms with Crippen molar-refractivity contribution in [1.29, 1.82) is 0 Å². The summed E-state index contributed by atoms with van der Waals surface area (Å²) in [5.74, 6) is 2.11. The van der Waals surface area contributed by atoms with E-state index >= 15 is 0 Å². The molecular weight excluding hydrogens is 352 g/mol. The number of nitrogens with zero attached hydrogens (tertiary/aromatic N) is 2. The van der Waals surface area contributed by atoms with Crippen LogP contribution in [0.25, 0.3) is 0 Å². The maximum absolute atomic E-state index is 6.28. The molecule has 0 aliphatic rings. The van der Waals surface area contributed by atoms with Gasteiger partial charge in [-0.3, -0.25) is 0 Å². The normalized spacial score (nSPS) is 11.2. The van der Waals surface area contributed by atoms with Crippen molar-refractivity contribution in [2.75, 3.05) is 27.3 Å². The van der Waals surface area contributed by atoms with Crippen LogP contribution in [0.3, 0.4) is 0 Å². The third kappa shape index (κ3) is 6.11. The minimum absolute atomic E-state index is 0.537. The Morgan fingerprint density at radius 1 is 1.15 bits per heavy atom. The molecular formula is C19H25ClN4O2. The van der Waals surface area contributed by atoms with Crippen molar-refractivity contribution >= 4 is 17.6 Å². The molecule has 2 N–H and O–H groups in total. The van der Waals surface area contributed by atoms with Gasteiger partial charge in [0.05, 0.1) is 20.8 Å². The molecule has 7 heteroatoms. The Kier molecular flexibility index (Phi) is 8.02. The van der Waals surface area contributed by atoms with Crippen LogP contribution in [0.4, 0.5) is 0 Å². The van der Waals surface area contributed by atoms with Gasteiger partial charge in [-0.25, -0.2) is 9.98 Å². The lowest BCUT2D eigenvalue weighted by atomic mass is 10.1.